The fourth-order valence-electron chi connectivity index (χ4n) is 4.51. The normalized spacial score (nSPS) is 17.5. The number of para-hydroxylation sites is 1. The Morgan fingerprint density at radius 1 is 1.09 bits per heavy atom. The van der Waals surface area contributed by atoms with Crippen molar-refractivity contribution >= 4 is 17.5 Å². The highest BCUT2D eigenvalue weighted by molar-refractivity contribution is 5.90. The van der Waals surface area contributed by atoms with Crippen molar-refractivity contribution in [1.29, 1.82) is 0 Å². The molecule has 0 spiro atoms. The van der Waals surface area contributed by atoms with Gasteiger partial charge in [-0.1, -0.05) is 24.3 Å². The van der Waals surface area contributed by atoms with E-state index in [2.05, 4.69) is 25.9 Å². The second-order valence-electron chi connectivity index (χ2n) is 8.72. The van der Waals surface area contributed by atoms with Crippen LogP contribution in [0.25, 0.3) is 5.69 Å². The Labute approximate surface area is 201 Å². The maximum atomic E-state index is 14.2. The van der Waals surface area contributed by atoms with Crippen molar-refractivity contribution in [2.45, 2.75) is 25.8 Å². The number of carbonyl (C=O) groups is 1. The number of nitrogens with zero attached hydrogens (tertiary/aromatic N) is 4. The van der Waals surface area contributed by atoms with Crippen molar-refractivity contribution < 1.29 is 13.6 Å². The van der Waals surface area contributed by atoms with Gasteiger partial charge >= 0.3 is 6.03 Å². The predicted octanol–water partition coefficient (Wildman–Crippen LogP) is 4.42. The molecule has 2 aromatic heterocycles. The van der Waals surface area contributed by atoms with E-state index < -0.39 is 23.2 Å². The highest BCUT2D eigenvalue weighted by atomic mass is 19.2. The number of benzene rings is 2. The third-order valence-corrected chi connectivity index (χ3v) is 6.54. The molecule has 1 aliphatic rings. The highest BCUT2D eigenvalue weighted by Gasteiger charge is 2.42. The summed E-state index contributed by atoms with van der Waals surface area (Å²) in [6.45, 7) is 4.72. The minimum Gasteiger partial charge on any atom is -0.366 e. The molecule has 0 bridgehead atoms. The standard InChI is InChI=1S/C25H25F2N7O/c1-16-17(2)32-34(19-6-4-3-5-7-19)23(16)30-24(35)31-25(18-8-9-21(26)22(27)12-18)10-11-33(15-25)20-13-28-29-14-20/h3-9,12-14H,10-11,15H2,1-2H3,(H,28,29)(H2,30,31,35)/t25-/m1/s1. The number of carbonyl (C=O) groups excluding carboxylic acids is 1. The number of hydrogen-bond donors (Lipinski definition) is 3. The molecule has 1 atom stereocenters. The summed E-state index contributed by atoms with van der Waals surface area (Å²) in [5.41, 5.74) is 2.81. The first-order valence-corrected chi connectivity index (χ1v) is 11.3. The molecule has 1 fully saturated rings. The Bertz CT molecular complexity index is 1350. The summed E-state index contributed by atoms with van der Waals surface area (Å²) in [5.74, 6) is -1.35. The van der Waals surface area contributed by atoms with E-state index in [1.807, 2.05) is 49.1 Å². The predicted molar refractivity (Wildman–Crippen MR) is 129 cm³/mol. The lowest BCUT2D eigenvalue weighted by molar-refractivity contribution is 0.239. The topological polar surface area (TPSA) is 90.9 Å². The quantitative estimate of drug-likeness (QED) is 0.397. The molecule has 4 aromatic rings. The number of nitrogens with one attached hydrogen (secondary N) is 3. The first-order chi connectivity index (χ1) is 16.9. The molecule has 0 saturated carbocycles. The molecule has 1 aliphatic heterocycles. The van der Waals surface area contributed by atoms with Crippen molar-refractivity contribution in [3.8, 4) is 5.69 Å². The summed E-state index contributed by atoms with van der Waals surface area (Å²) in [6.07, 6.45) is 3.94. The lowest BCUT2D eigenvalue weighted by Crippen LogP contribution is -2.49. The van der Waals surface area contributed by atoms with E-state index in [9.17, 15) is 13.6 Å². The zero-order chi connectivity index (χ0) is 24.6. The maximum Gasteiger partial charge on any atom is 0.321 e. The molecular weight excluding hydrogens is 452 g/mol. The molecule has 180 valence electrons. The van der Waals surface area contributed by atoms with Crippen LogP contribution in [0, 0.1) is 25.5 Å². The van der Waals surface area contributed by atoms with E-state index >= 15 is 0 Å². The van der Waals surface area contributed by atoms with Crippen LogP contribution in [-0.4, -0.2) is 39.1 Å². The molecule has 1 saturated heterocycles. The number of halogens is 2. The van der Waals surface area contributed by atoms with Gasteiger partial charge in [-0.2, -0.15) is 10.2 Å². The summed E-state index contributed by atoms with van der Waals surface area (Å²) < 4.78 is 29.6. The summed E-state index contributed by atoms with van der Waals surface area (Å²) in [6, 6.07) is 12.8. The Morgan fingerprint density at radius 3 is 2.60 bits per heavy atom. The average molecular weight is 478 g/mol. The Hall–Kier alpha value is -4.21. The second kappa shape index (κ2) is 8.86. The van der Waals surface area contributed by atoms with Gasteiger partial charge in [0.1, 0.15) is 5.82 Å². The fraction of sp³-hybridized carbons (Fsp3) is 0.240. The number of H-pyrrole nitrogens is 1. The van der Waals surface area contributed by atoms with Crippen LogP contribution < -0.4 is 15.5 Å². The second-order valence-corrected chi connectivity index (χ2v) is 8.72. The molecule has 10 heteroatoms. The zero-order valence-corrected chi connectivity index (χ0v) is 19.3. The van der Waals surface area contributed by atoms with Crippen LogP contribution in [0.2, 0.25) is 0 Å². The third kappa shape index (κ3) is 4.23. The Balaban J connectivity index is 1.46. The van der Waals surface area contributed by atoms with Crippen molar-refractivity contribution in [2.24, 2.45) is 0 Å². The number of hydrogen-bond acceptors (Lipinski definition) is 4. The first-order valence-electron chi connectivity index (χ1n) is 11.3. The molecule has 0 radical (unpaired) electrons. The molecular formula is C25H25F2N7O. The fourth-order valence-corrected chi connectivity index (χ4v) is 4.51. The van der Waals surface area contributed by atoms with Crippen molar-refractivity contribution in [3.63, 3.8) is 0 Å². The van der Waals surface area contributed by atoms with Crippen LogP contribution in [0.5, 0.6) is 0 Å². The number of anilines is 2. The van der Waals surface area contributed by atoms with E-state index in [0.29, 0.717) is 30.9 Å². The van der Waals surface area contributed by atoms with Crippen LogP contribution in [0.1, 0.15) is 23.2 Å². The minimum absolute atomic E-state index is 0.362. The summed E-state index contributed by atoms with van der Waals surface area (Å²) >= 11 is 0. The van der Waals surface area contributed by atoms with Gasteiger partial charge in [-0.3, -0.25) is 10.4 Å². The first kappa shape index (κ1) is 22.6. The molecule has 8 nitrogen and oxygen atoms in total. The Kier molecular flexibility index (Phi) is 5.72. The maximum absolute atomic E-state index is 14.2. The molecule has 0 aliphatic carbocycles. The van der Waals surface area contributed by atoms with Crippen molar-refractivity contribution in [1.82, 2.24) is 25.3 Å². The van der Waals surface area contributed by atoms with Gasteiger partial charge in [0.15, 0.2) is 11.6 Å². The Morgan fingerprint density at radius 2 is 1.89 bits per heavy atom. The van der Waals surface area contributed by atoms with E-state index in [1.165, 1.54) is 6.07 Å². The van der Waals surface area contributed by atoms with Crippen molar-refractivity contribution in [2.75, 3.05) is 23.3 Å². The number of aromatic nitrogens is 4. The molecule has 2 amide bonds. The number of rotatable bonds is 5. The number of aromatic amines is 1. The largest absolute Gasteiger partial charge is 0.366 e. The number of amides is 2. The molecule has 35 heavy (non-hydrogen) atoms. The van der Waals surface area contributed by atoms with E-state index in [-0.39, 0.29) is 0 Å². The number of aryl methyl sites for hydroxylation is 1. The van der Waals surface area contributed by atoms with Gasteiger partial charge in [-0.15, -0.1) is 0 Å². The van der Waals surface area contributed by atoms with Crippen LogP contribution in [0.4, 0.5) is 25.1 Å². The van der Waals surface area contributed by atoms with Gasteiger partial charge in [0.05, 0.1) is 28.8 Å². The monoisotopic (exact) mass is 477 g/mol. The van der Waals surface area contributed by atoms with E-state index in [4.69, 9.17) is 0 Å². The van der Waals surface area contributed by atoms with Crippen LogP contribution in [0.3, 0.4) is 0 Å². The lowest BCUT2D eigenvalue weighted by Gasteiger charge is -2.31. The summed E-state index contributed by atoms with van der Waals surface area (Å²) in [5, 5.41) is 17.3. The van der Waals surface area contributed by atoms with Gasteiger partial charge in [-0.25, -0.2) is 18.3 Å². The van der Waals surface area contributed by atoms with Crippen molar-refractivity contribution in [3.05, 3.63) is 89.4 Å². The third-order valence-electron chi connectivity index (χ3n) is 6.54. The molecule has 0 unspecified atom stereocenters. The molecule has 3 heterocycles. The smallest absolute Gasteiger partial charge is 0.321 e. The van der Waals surface area contributed by atoms with Gasteiger partial charge < -0.3 is 10.2 Å². The zero-order valence-electron chi connectivity index (χ0n) is 19.3. The van der Waals surface area contributed by atoms with Gasteiger partial charge in [0, 0.05) is 24.8 Å². The molecule has 2 aromatic carbocycles. The average Bonchev–Trinajstić information content (AvgIpc) is 3.59. The lowest BCUT2D eigenvalue weighted by atomic mass is 9.89. The molecule has 3 N–H and O–H groups in total. The van der Waals surface area contributed by atoms with Crippen LogP contribution >= 0.6 is 0 Å². The van der Waals surface area contributed by atoms with Crippen LogP contribution in [-0.2, 0) is 5.54 Å². The summed E-state index contributed by atoms with van der Waals surface area (Å²) in [4.78, 5) is 15.4. The van der Waals surface area contributed by atoms with E-state index in [0.717, 1.165) is 34.8 Å². The highest BCUT2D eigenvalue weighted by Crippen LogP contribution is 2.35. The van der Waals surface area contributed by atoms with E-state index in [1.54, 1.807) is 17.1 Å². The summed E-state index contributed by atoms with van der Waals surface area (Å²) in [7, 11) is 0. The van der Waals surface area contributed by atoms with Gasteiger partial charge in [-0.05, 0) is 50.1 Å². The number of urea groups is 1. The minimum atomic E-state index is -0.959. The van der Waals surface area contributed by atoms with Gasteiger partial charge in [0.2, 0.25) is 0 Å². The SMILES string of the molecule is Cc1nn(-c2ccccc2)c(NC(=O)N[C@]2(c3ccc(F)c(F)c3)CCN(c3cn[nH]c3)C2)c1C. The molecule has 5 rings (SSSR count). The van der Waals surface area contributed by atoms with Crippen LogP contribution in [0.15, 0.2) is 60.9 Å². The van der Waals surface area contributed by atoms with Gasteiger partial charge in [0.25, 0.3) is 0 Å².